The zero-order chi connectivity index (χ0) is 26.6. The highest BCUT2D eigenvalue weighted by molar-refractivity contribution is 5.97. The molecule has 0 radical (unpaired) electrons. The topological polar surface area (TPSA) is 54.8 Å². The molecule has 0 saturated heterocycles. The summed E-state index contributed by atoms with van der Waals surface area (Å²) in [4.78, 5) is 31.0. The third kappa shape index (κ3) is 4.94. The number of nitrogens with zero attached hydrogens (tertiary/aromatic N) is 3. The van der Waals surface area contributed by atoms with Gasteiger partial charge in [0.2, 0.25) is 5.91 Å². The summed E-state index contributed by atoms with van der Waals surface area (Å²) in [5.41, 5.74) is 4.68. The fourth-order valence-electron chi connectivity index (χ4n) is 5.20. The predicted octanol–water partition coefficient (Wildman–Crippen LogP) is 5.65. The van der Waals surface area contributed by atoms with E-state index in [4.69, 9.17) is 4.74 Å². The van der Waals surface area contributed by atoms with E-state index < -0.39 is 0 Å². The molecule has 1 unspecified atom stereocenters. The normalized spacial score (nSPS) is 14.7. The van der Waals surface area contributed by atoms with Crippen molar-refractivity contribution in [3.63, 3.8) is 0 Å². The van der Waals surface area contributed by atoms with Crippen molar-refractivity contribution >= 4 is 11.8 Å². The summed E-state index contributed by atoms with van der Waals surface area (Å²) in [6.07, 6.45) is 2.04. The first-order valence-electron chi connectivity index (χ1n) is 13.0. The van der Waals surface area contributed by atoms with Crippen LogP contribution >= 0.6 is 0 Å². The van der Waals surface area contributed by atoms with Gasteiger partial charge in [0, 0.05) is 42.1 Å². The Kier molecular flexibility index (Phi) is 7.31. The van der Waals surface area contributed by atoms with Crippen molar-refractivity contribution in [2.75, 3.05) is 20.2 Å². The number of para-hydroxylation sites is 1. The quantitative estimate of drug-likeness (QED) is 0.325. The number of hydrogen-bond donors (Lipinski definition) is 0. The largest absolute Gasteiger partial charge is 0.496 e. The van der Waals surface area contributed by atoms with Crippen LogP contribution in [-0.4, -0.2) is 52.4 Å². The lowest BCUT2D eigenvalue weighted by atomic mass is 9.98. The summed E-state index contributed by atoms with van der Waals surface area (Å²) in [5, 5.41) is 0. The van der Waals surface area contributed by atoms with Crippen LogP contribution in [0.3, 0.4) is 0 Å². The molecule has 1 aliphatic rings. The Morgan fingerprint density at radius 1 is 0.868 bits per heavy atom. The van der Waals surface area contributed by atoms with Crippen molar-refractivity contribution in [2.24, 2.45) is 0 Å². The van der Waals surface area contributed by atoms with Crippen molar-refractivity contribution in [1.82, 2.24) is 14.4 Å². The maximum atomic E-state index is 13.9. The predicted molar refractivity (Wildman–Crippen MR) is 149 cm³/mol. The van der Waals surface area contributed by atoms with Crippen LogP contribution in [0.5, 0.6) is 5.75 Å². The van der Waals surface area contributed by atoms with Gasteiger partial charge < -0.3 is 19.1 Å². The summed E-state index contributed by atoms with van der Waals surface area (Å²) in [7, 11) is 1.65. The smallest absolute Gasteiger partial charge is 0.254 e. The van der Waals surface area contributed by atoms with Crippen LogP contribution in [0, 0.1) is 0 Å². The molecule has 1 atom stereocenters. The van der Waals surface area contributed by atoms with Gasteiger partial charge in [-0.25, -0.2) is 0 Å². The van der Waals surface area contributed by atoms with Gasteiger partial charge in [-0.15, -0.1) is 0 Å². The SMILES string of the molecule is COc1ccccc1C1c2cccn2CCN1C(=O)CN(C(=O)c1ccc(-c2ccccc2)cc1)C(C)C. The van der Waals surface area contributed by atoms with E-state index in [0.29, 0.717) is 18.7 Å². The minimum Gasteiger partial charge on any atom is -0.496 e. The average Bonchev–Trinajstić information content (AvgIpc) is 3.44. The van der Waals surface area contributed by atoms with Crippen LogP contribution in [0.15, 0.2) is 97.2 Å². The standard InChI is InChI=1S/C32H33N3O3/c1-23(2)35(32(37)26-17-15-25(16-18-26)24-10-5-4-6-11-24)22-30(36)34-21-20-33-19-9-13-28(33)31(34)27-12-7-8-14-29(27)38-3/h4-19,23,31H,20-22H2,1-3H3. The maximum Gasteiger partial charge on any atom is 0.254 e. The minimum atomic E-state index is -0.295. The van der Waals surface area contributed by atoms with Gasteiger partial charge in [-0.2, -0.15) is 0 Å². The Labute approximate surface area is 224 Å². The van der Waals surface area contributed by atoms with E-state index in [2.05, 4.69) is 10.6 Å². The van der Waals surface area contributed by atoms with E-state index in [-0.39, 0.29) is 30.4 Å². The van der Waals surface area contributed by atoms with Gasteiger partial charge in [-0.05, 0) is 55.3 Å². The van der Waals surface area contributed by atoms with Gasteiger partial charge in [-0.1, -0.05) is 60.7 Å². The number of aromatic nitrogens is 1. The summed E-state index contributed by atoms with van der Waals surface area (Å²) in [6, 6.07) is 29.1. The molecule has 0 saturated carbocycles. The van der Waals surface area contributed by atoms with Crippen molar-refractivity contribution in [2.45, 2.75) is 32.5 Å². The number of carbonyl (C=O) groups is 2. The summed E-state index contributed by atoms with van der Waals surface area (Å²) >= 11 is 0. The molecule has 38 heavy (non-hydrogen) atoms. The molecule has 6 heteroatoms. The second-order valence-corrected chi connectivity index (χ2v) is 9.83. The molecule has 4 aromatic rings. The van der Waals surface area contributed by atoms with E-state index in [0.717, 1.165) is 28.1 Å². The first kappa shape index (κ1) is 25.3. The van der Waals surface area contributed by atoms with Crippen molar-refractivity contribution < 1.29 is 14.3 Å². The number of ether oxygens (including phenoxy) is 1. The van der Waals surface area contributed by atoms with Crippen LogP contribution in [0.4, 0.5) is 0 Å². The Hall–Kier alpha value is -4.32. The summed E-state index contributed by atoms with van der Waals surface area (Å²) < 4.78 is 7.84. The van der Waals surface area contributed by atoms with Gasteiger partial charge in [0.25, 0.3) is 5.91 Å². The molecule has 1 aromatic heterocycles. The first-order chi connectivity index (χ1) is 18.5. The van der Waals surface area contributed by atoms with Gasteiger partial charge in [0.05, 0.1) is 7.11 Å². The van der Waals surface area contributed by atoms with Gasteiger partial charge in [-0.3, -0.25) is 9.59 Å². The zero-order valence-electron chi connectivity index (χ0n) is 22.1. The number of benzene rings is 3. The van der Waals surface area contributed by atoms with E-state index in [1.807, 2.05) is 110 Å². The molecule has 2 amide bonds. The Morgan fingerprint density at radius 3 is 2.26 bits per heavy atom. The molecule has 3 aromatic carbocycles. The van der Waals surface area contributed by atoms with Gasteiger partial charge in [0.15, 0.2) is 0 Å². The number of carbonyl (C=O) groups excluding carboxylic acids is 2. The fourth-order valence-corrected chi connectivity index (χ4v) is 5.20. The minimum absolute atomic E-state index is 0.00327. The molecular weight excluding hydrogens is 474 g/mol. The number of amides is 2. The fraction of sp³-hybridized carbons (Fsp3) is 0.250. The molecule has 6 nitrogen and oxygen atoms in total. The lowest BCUT2D eigenvalue weighted by Gasteiger charge is -2.39. The number of methoxy groups -OCH3 is 1. The Bertz CT molecular complexity index is 1410. The monoisotopic (exact) mass is 507 g/mol. The molecule has 0 fully saturated rings. The van der Waals surface area contributed by atoms with Crippen LogP contribution in [0.1, 0.15) is 41.5 Å². The maximum absolute atomic E-state index is 13.9. The third-order valence-electron chi connectivity index (χ3n) is 7.22. The van der Waals surface area contributed by atoms with Crippen LogP contribution < -0.4 is 4.74 Å². The van der Waals surface area contributed by atoms with E-state index in [9.17, 15) is 9.59 Å². The molecule has 5 rings (SSSR count). The third-order valence-corrected chi connectivity index (χ3v) is 7.22. The number of hydrogen-bond acceptors (Lipinski definition) is 3. The lowest BCUT2D eigenvalue weighted by molar-refractivity contribution is -0.135. The Balaban J connectivity index is 1.40. The average molecular weight is 508 g/mol. The second-order valence-electron chi connectivity index (χ2n) is 9.83. The highest BCUT2D eigenvalue weighted by Gasteiger charge is 2.35. The number of rotatable bonds is 7. The lowest BCUT2D eigenvalue weighted by Crippen LogP contribution is -2.49. The second kappa shape index (κ2) is 11.0. The number of fused-ring (bicyclic) bond motifs is 1. The summed E-state index contributed by atoms with van der Waals surface area (Å²) in [6.45, 7) is 5.15. The van der Waals surface area contributed by atoms with Crippen LogP contribution in [-0.2, 0) is 11.3 Å². The van der Waals surface area contributed by atoms with Crippen LogP contribution in [0.2, 0.25) is 0 Å². The molecule has 0 N–H and O–H groups in total. The van der Waals surface area contributed by atoms with Crippen molar-refractivity contribution in [3.8, 4) is 16.9 Å². The highest BCUT2D eigenvalue weighted by atomic mass is 16.5. The van der Waals surface area contributed by atoms with E-state index in [1.54, 1.807) is 12.0 Å². The summed E-state index contributed by atoms with van der Waals surface area (Å²) in [5.74, 6) is 0.499. The molecule has 0 aliphatic carbocycles. The molecule has 0 bridgehead atoms. The van der Waals surface area contributed by atoms with Gasteiger partial charge in [0.1, 0.15) is 18.3 Å². The Morgan fingerprint density at radius 2 is 1.55 bits per heavy atom. The molecule has 1 aliphatic heterocycles. The molecular formula is C32H33N3O3. The van der Waals surface area contributed by atoms with E-state index in [1.165, 1.54) is 0 Å². The zero-order valence-corrected chi connectivity index (χ0v) is 22.1. The molecule has 194 valence electrons. The van der Waals surface area contributed by atoms with Crippen molar-refractivity contribution in [3.05, 3.63) is 114 Å². The first-order valence-corrected chi connectivity index (χ1v) is 13.0. The van der Waals surface area contributed by atoms with Crippen molar-refractivity contribution in [1.29, 1.82) is 0 Å². The molecule has 2 heterocycles. The van der Waals surface area contributed by atoms with Gasteiger partial charge >= 0.3 is 0 Å². The molecule has 0 spiro atoms. The highest BCUT2D eigenvalue weighted by Crippen LogP contribution is 2.37. The van der Waals surface area contributed by atoms with E-state index >= 15 is 0 Å². The van der Waals surface area contributed by atoms with Crippen LogP contribution in [0.25, 0.3) is 11.1 Å².